The topological polar surface area (TPSA) is 24.9 Å². The Hall–Kier alpha value is -1.20. The van der Waals surface area contributed by atoms with E-state index in [-0.39, 0.29) is 21.1 Å². The summed E-state index contributed by atoms with van der Waals surface area (Å²) in [4.78, 5) is 3.64. The van der Waals surface area contributed by atoms with Crippen LogP contribution in [0, 0.1) is 6.92 Å². The lowest BCUT2D eigenvalue weighted by molar-refractivity contribution is -0.141. The molecule has 0 atom stereocenters. The first-order chi connectivity index (χ1) is 8.75. The molecule has 0 unspecified atom stereocenters. The maximum absolute atomic E-state index is 12.9. The molecule has 0 spiro atoms. The number of halogens is 5. The van der Waals surface area contributed by atoms with E-state index >= 15 is 0 Å². The van der Waals surface area contributed by atoms with Gasteiger partial charge in [0.1, 0.15) is 5.69 Å². The highest BCUT2D eigenvalue weighted by atomic mass is 35.5. The molecular formula is C12H9Cl2F3N2. The highest BCUT2D eigenvalue weighted by Crippen LogP contribution is 2.40. The fraction of sp³-hybridized carbons (Fsp3) is 0.250. The van der Waals surface area contributed by atoms with Gasteiger partial charge in [-0.25, -0.2) is 4.98 Å². The molecule has 102 valence electrons. The van der Waals surface area contributed by atoms with Crippen LogP contribution in [-0.2, 0) is 6.18 Å². The molecular weight excluding hydrogens is 300 g/mol. The molecule has 0 amide bonds. The second-order valence-corrected chi connectivity index (χ2v) is 4.83. The number of hydrogen-bond acceptors (Lipinski definition) is 2. The number of pyridine rings is 1. The molecule has 19 heavy (non-hydrogen) atoms. The summed E-state index contributed by atoms with van der Waals surface area (Å²) in [5.41, 5.74) is -0.520. The van der Waals surface area contributed by atoms with Gasteiger partial charge in [0.2, 0.25) is 0 Å². The molecule has 2 aromatic rings. The van der Waals surface area contributed by atoms with Crippen LogP contribution in [0.25, 0.3) is 10.9 Å². The third-order valence-electron chi connectivity index (χ3n) is 2.77. The molecule has 2 rings (SSSR count). The lowest BCUT2D eigenvalue weighted by Crippen LogP contribution is -2.12. The zero-order chi connectivity index (χ0) is 14.4. The van der Waals surface area contributed by atoms with Gasteiger partial charge in [0, 0.05) is 28.7 Å². The van der Waals surface area contributed by atoms with Crippen molar-refractivity contribution in [2.24, 2.45) is 0 Å². The molecule has 0 radical (unpaired) electrons. The summed E-state index contributed by atoms with van der Waals surface area (Å²) in [5.74, 6) is 0. The number of aromatic nitrogens is 1. The summed E-state index contributed by atoms with van der Waals surface area (Å²) in [6, 6.07) is 2.83. The van der Waals surface area contributed by atoms with Gasteiger partial charge in [-0.1, -0.05) is 23.2 Å². The van der Waals surface area contributed by atoms with Crippen molar-refractivity contribution in [2.45, 2.75) is 13.1 Å². The number of anilines is 1. The SMILES string of the molecule is CNc1c(C)c(C(F)(F)F)nc2cc(Cl)cc(Cl)c12. The van der Waals surface area contributed by atoms with Gasteiger partial charge < -0.3 is 5.32 Å². The lowest BCUT2D eigenvalue weighted by atomic mass is 10.1. The third-order valence-corrected chi connectivity index (χ3v) is 3.28. The molecule has 0 saturated heterocycles. The molecule has 1 aromatic carbocycles. The Morgan fingerprint density at radius 1 is 1.21 bits per heavy atom. The van der Waals surface area contributed by atoms with E-state index in [1.807, 2.05) is 0 Å². The Bertz CT molecular complexity index is 654. The van der Waals surface area contributed by atoms with Crippen molar-refractivity contribution in [2.75, 3.05) is 12.4 Å². The average molecular weight is 309 g/mol. The van der Waals surface area contributed by atoms with E-state index in [1.165, 1.54) is 26.1 Å². The van der Waals surface area contributed by atoms with Gasteiger partial charge in [0.25, 0.3) is 0 Å². The van der Waals surface area contributed by atoms with Crippen LogP contribution in [0.4, 0.5) is 18.9 Å². The maximum Gasteiger partial charge on any atom is 0.433 e. The summed E-state index contributed by atoms with van der Waals surface area (Å²) >= 11 is 11.8. The van der Waals surface area contributed by atoms with E-state index in [1.54, 1.807) is 0 Å². The predicted molar refractivity (Wildman–Crippen MR) is 71.0 cm³/mol. The summed E-state index contributed by atoms with van der Waals surface area (Å²) < 4.78 is 38.8. The van der Waals surface area contributed by atoms with Crippen molar-refractivity contribution in [3.63, 3.8) is 0 Å². The molecule has 0 bridgehead atoms. The van der Waals surface area contributed by atoms with Crippen LogP contribution in [0.3, 0.4) is 0 Å². The Morgan fingerprint density at radius 3 is 2.37 bits per heavy atom. The van der Waals surface area contributed by atoms with Crippen molar-refractivity contribution in [1.29, 1.82) is 0 Å². The fourth-order valence-electron chi connectivity index (χ4n) is 1.99. The van der Waals surface area contributed by atoms with E-state index in [0.29, 0.717) is 11.1 Å². The third kappa shape index (κ3) is 2.44. The molecule has 0 aliphatic rings. The Balaban J connectivity index is 2.95. The van der Waals surface area contributed by atoms with E-state index in [2.05, 4.69) is 10.3 Å². The van der Waals surface area contributed by atoms with Crippen molar-refractivity contribution < 1.29 is 13.2 Å². The first-order valence-corrected chi connectivity index (χ1v) is 6.05. The minimum Gasteiger partial charge on any atom is -0.387 e. The number of rotatable bonds is 1. The monoisotopic (exact) mass is 308 g/mol. The van der Waals surface area contributed by atoms with E-state index < -0.39 is 11.9 Å². The van der Waals surface area contributed by atoms with Gasteiger partial charge in [-0.05, 0) is 19.1 Å². The van der Waals surface area contributed by atoms with Crippen molar-refractivity contribution >= 4 is 39.8 Å². The van der Waals surface area contributed by atoms with Crippen LogP contribution in [-0.4, -0.2) is 12.0 Å². The summed E-state index contributed by atoms with van der Waals surface area (Å²) in [6.07, 6.45) is -4.53. The Kier molecular flexibility index (Phi) is 3.53. The van der Waals surface area contributed by atoms with Crippen LogP contribution in [0.5, 0.6) is 0 Å². The van der Waals surface area contributed by atoms with Gasteiger partial charge in [-0.3, -0.25) is 0 Å². The number of hydrogen-bond donors (Lipinski definition) is 1. The zero-order valence-electron chi connectivity index (χ0n) is 9.99. The normalized spacial score (nSPS) is 11.9. The number of alkyl halides is 3. The predicted octanol–water partition coefficient (Wildman–Crippen LogP) is 4.91. The molecule has 2 nitrogen and oxygen atoms in total. The van der Waals surface area contributed by atoms with E-state index in [9.17, 15) is 13.2 Å². The first-order valence-electron chi connectivity index (χ1n) is 5.30. The second-order valence-electron chi connectivity index (χ2n) is 3.99. The molecule has 0 saturated carbocycles. The zero-order valence-corrected chi connectivity index (χ0v) is 11.5. The van der Waals surface area contributed by atoms with E-state index in [4.69, 9.17) is 23.2 Å². The van der Waals surface area contributed by atoms with Gasteiger partial charge in [0.15, 0.2) is 0 Å². The molecule has 0 fully saturated rings. The highest BCUT2D eigenvalue weighted by Gasteiger charge is 2.36. The quantitative estimate of drug-likeness (QED) is 0.809. The maximum atomic E-state index is 12.9. The van der Waals surface area contributed by atoms with Gasteiger partial charge in [0.05, 0.1) is 10.5 Å². The Labute approximate surface area is 117 Å². The minimum atomic E-state index is -4.53. The molecule has 1 N–H and O–H groups in total. The molecule has 0 aliphatic carbocycles. The molecule has 7 heteroatoms. The van der Waals surface area contributed by atoms with Crippen molar-refractivity contribution in [3.05, 3.63) is 33.4 Å². The van der Waals surface area contributed by atoms with Crippen molar-refractivity contribution in [3.8, 4) is 0 Å². The van der Waals surface area contributed by atoms with Gasteiger partial charge >= 0.3 is 6.18 Å². The number of nitrogens with one attached hydrogen (secondary N) is 1. The molecule has 1 heterocycles. The van der Waals surface area contributed by atoms with Crippen LogP contribution < -0.4 is 5.32 Å². The molecule has 0 aliphatic heterocycles. The summed E-state index contributed by atoms with van der Waals surface area (Å²) in [5, 5.41) is 3.67. The Morgan fingerprint density at radius 2 is 1.84 bits per heavy atom. The second kappa shape index (κ2) is 4.72. The average Bonchev–Trinajstić information content (AvgIpc) is 2.27. The first kappa shape index (κ1) is 14.2. The lowest BCUT2D eigenvalue weighted by Gasteiger charge is -2.16. The van der Waals surface area contributed by atoms with Gasteiger partial charge in [-0.2, -0.15) is 13.2 Å². The highest BCUT2D eigenvalue weighted by molar-refractivity contribution is 6.39. The minimum absolute atomic E-state index is 0.00622. The smallest absolute Gasteiger partial charge is 0.387 e. The van der Waals surface area contributed by atoms with Crippen LogP contribution in [0.2, 0.25) is 10.0 Å². The molecule has 1 aromatic heterocycles. The van der Waals surface area contributed by atoms with Crippen LogP contribution in [0.15, 0.2) is 12.1 Å². The number of nitrogens with zero attached hydrogens (tertiary/aromatic N) is 1. The van der Waals surface area contributed by atoms with Crippen LogP contribution in [0.1, 0.15) is 11.3 Å². The van der Waals surface area contributed by atoms with Crippen molar-refractivity contribution in [1.82, 2.24) is 4.98 Å². The fourth-order valence-corrected chi connectivity index (χ4v) is 2.57. The standard InChI is InChI=1S/C12H9Cl2F3N2/c1-5-10(18-2)9-7(14)3-6(13)4-8(9)19-11(5)12(15,16)17/h3-4H,1-2H3,(H,18,19). The number of benzene rings is 1. The summed E-state index contributed by atoms with van der Waals surface area (Å²) in [7, 11) is 1.53. The summed E-state index contributed by atoms with van der Waals surface area (Å²) in [6.45, 7) is 1.35. The van der Waals surface area contributed by atoms with Gasteiger partial charge in [-0.15, -0.1) is 0 Å². The largest absolute Gasteiger partial charge is 0.433 e. The van der Waals surface area contributed by atoms with E-state index in [0.717, 1.165) is 0 Å². The number of fused-ring (bicyclic) bond motifs is 1. The van der Waals surface area contributed by atoms with Crippen LogP contribution >= 0.6 is 23.2 Å².